The fourth-order valence-electron chi connectivity index (χ4n) is 3.99. The Kier molecular flexibility index (Phi) is 4.42. The molecule has 6 heteroatoms. The number of H-pyrrole nitrogens is 1. The summed E-state index contributed by atoms with van der Waals surface area (Å²) in [6.45, 7) is 2.51. The molecule has 1 aliphatic carbocycles. The summed E-state index contributed by atoms with van der Waals surface area (Å²) < 4.78 is 0. The summed E-state index contributed by atoms with van der Waals surface area (Å²) in [6.07, 6.45) is 7.29. The van der Waals surface area contributed by atoms with Gasteiger partial charge in [0.25, 0.3) is 5.91 Å². The van der Waals surface area contributed by atoms with Gasteiger partial charge in [0.05, 0.1) is 17.4 Å². The van der Waals surface area contributed by atoms with Crippen LogP contribution in [-0.4, -0.2) is 57.8 Å². The number of nitrogens with zero attached hydrogens (tertiary/aromatic N) is 3. The van der Waals surface area contributed by atoms with Crippen LogP contribution in [0.3, 0.4) is 0 Å². The first-order chi connectivity index (χ1) is 12.2. The molecule has 0 atom stereocenters. The molecule has 2 heterocycles. The zero-order valence-electron chi connectivity index (χ0n) is 14.4. The van der Waals surface area contributed by atoms with Crippen molar-refractivity contribution in [1.29, 1.82) is 0 Å². The summed E-state index contributed by atoms with van der Waals surface area (Å²) >= 11 is 0. The summed E-state index contributed by atoms with van der Waals surface area (Å²) in [6, 6.07) is 5.54. The lowest BCUT2D eigenvalue weighted by atomic mass is 9.88. The van der Waals surface area contributed by atoms with Crippen LogP contribution in [0.2, 0.25) is 0 Å². The lowest BCUT2D eigenvalue weighted by molar-refractivity contribution is -0.138. The first kappa shape index (κ1) is 16.1. The second-order valence-corrected chi connectivity index (χ2v) is 7.09. The Balaban J connectivity index is 1.37. The van der Waals surface area contributed by atoms with Crippen LogP contribution in [0.4, 0.5) is 0 Å². The molecule has 2 aliphatic rings. The van der Waals surface area contributed by atoms with Crippen LogP contribution in [-0.2, 0) is 4.79 Å². The highest BCUT2D eigenvalue weighted by atomic mass is 16.2. The van der Waals surface area contributed by atoms with E-state index in [0.717, 1.165) is 23.9 Å². The van der Waals surface area contributed by atoms with Gasteiger partial charge in [0, 0.05) is 37.7 Å². The van der Waals surface area contributed by atoms with E-state index in [9.17, 15) is 9.59 Å². The summed E-state index contributed by atoms with van der Waals surface area (Å²) in [4.78, 5) is 36.4. The Bertz CT molecular complexity index is 771. The van der Waals surface area contributed by atoms with Crippen molar-refractivity contribution in [3.05, 3.63) is 30.1 Å². The molecule has 1 N–H and O–H groups in total. The number of hydrogen-bond acceptors (Lipinski definition) is 3. The molecule has 2 amide bonds. The van der Waals surface area contributed by atoms with Crippen molar-refractivity contribution in [2.75, 3.05) is 26.2 Å². The van der Waals surface area contributed by atoms with Gasteiger partial charge in [-0.15, -0.1) is 0 Å². The van der Waals surface area contributed by atoms with Gasteiger partial charge in [-0.25, -0.2) is 4.98 Å². The molecule has 1 aromatic heterocycles. The summed E-state index contributed by atoms with van der Waals surface area (Å²) in [5.41, 5.74) is 2.40. The number of piperazine rings is 1. The molecule has 2 fully saturated rings. The van der Waals surface area contributed by atoms with E-state index in [-0.39, 0.29) is 11.8 Å². The van der Waals surface area contributed by atoms with Crippen molar-refractivity contribution in [1.82, 2.24) is 19.8 Å². The molecule has 1 saturated heterocycles. The fourth-order valence-corrected chi connectivity index (χ4v) is 3.99. The Morgan fingerprint density at radius 1 is 1.00 bits per heavy atom. The van der Waals surface area contributed by atoms with Crippen LogP contribution in [0.25, 0.3) is 11.0 Å². The normalized spacial score (nSPS) is 19.4. The maximum atomic E-state index is 12.7. The highest BCUT2D eigenvalue weighted by Crippen LogP contribution is 2.26. The molecule has 2 aromatic rings. The quantitative estimate of drug-likeness (QED) is 0.913. The molecular weight excluding hydrogens is 316 g/mol. The van der Waals surface area contributed by atoms with E-state index in [1.807, 2.05) is 28.0 Å². The fraction of sp³-hybridized carbons (Fsp3) is 0.526. The van der Waals surface area contributed by atoms with Gasteiger partial charge < -0.3 is 14.8 Å². The minimum Gasteiger partial charge on any atom is -0.345 e. The zero-order valence-corrected chi connectivity index (χ0v) is 14.4. The van der Waals surface area contributed by atoms with Crippen molar-refractivity contribution >= 4 is 22.8 Å². The second kappa shape index (κ2) is 6.86. The average Bonchev–Trinajstić information content (AvgIpc) is 3.15. The number of aromatic amines is 1. The van der Waals surface area contributed by atoms with E-state index in [1.54, 1.807) is 6.33 Å². The lowest BCUT2D eigenvalue weighted by Crippen LogP contribution is -2.52. The molecule has 132 valence electrons. The number of carbonyl (C=O) groups is 2. The number of rotatable bonds is 2. The minimum absolute atomic E-state index is 0.0289. The summed E-state index contributed by atoms with van der Waals surface area (Å²) in [5.74, 6) is 0.533. The Morgan fingerprint density at radius 3 is 2.48 bits per heavy atom. The van der Waals surface area contributed by atoms with E-state index in [2.05, 4.69) is 9.97 Å². The van der Waals surface area contributed by atoms with Crippen molar-refractivity contribution in [3.8, 4) is 0 Å². The summed E-state index contributed by atoms with van der Waals surface area (Å²) in [5, 5.41) is 0. The number of amides is 2. The van der Waals surface area contributed by atoms with Gasteiger partial charge in [-0.3, -0.25) is 9.59 Å². The monoisotopic (exact) mass is 340 g/mol. The Hall–Kier alpha value is -2.37. The largest absolute Gasteiger partial charge is 0.345 e. The van der Waals surface area contributed by atoms with E-state index < -0.39 is 0 Å². The predicted molar refractivity (Wildman–Crippen MR) is 95.2 cm³/mol. The molecule has 0 radical (unpaired) electrons. The first-order valence-electron chi connectivity index (χ1n) is 9.23. The second-order valence-electron chi connectivity index (χ2n) is 7.09. The molecule has 0 spiro atoms. The van der Waals surface area contributed by atoms with E-state index in [4.69, 9.17) is 0 Å². The number of fused-ring (bicyclic) bond motifs is 1. The molecule has 0 unspecified atom stereocenters. The highest BCUT2D eigenvalue weighted by molar-refractivity contribution is 5.97. The van der Waals surface area contributed by atoms with Gasteiger partial charge in [-0.2, -0.15) is 0 Å². The number of nitrogens with one attached hydrogen (secondary N) is 1. The smallest absolute Gasteiger partial charge is 0.254 e. The third kappa shape index (κ3) is 3.25. The molecule has 1 aromatic carbocycles. The Labute approximate surface area is 147 Å². The third-order valence-electron chi connectivity index (χ3n) is 5.50. The highest BCUT2D eigenvalue weighted by Gasteiger charge is 2.30. The predicted octanol–water partition coefficient (Wildman–Crippen LogP) is 2.43. The number of imidazole rings is 1. The van der Waals surface area contributed by atoms with Crippen molar-refractivity contribution < 1.29 is 9.59 Å². The molecule has 4 rings (SSSR count). The number of aromatic nitrogens is 2. The van der Waals surface area contributed by atoms with Crippen molar-refractivity contribution in [3.63, 3.8) is 0 Å². The lowest BCUT2D eigenvalue weighted by Gasteiger charge is -2.37. The maximum Gasteiger partial charge on any atom is 0.254 e. The van der Waals surface area contributed by atoms with Gasteiger partial charge in [-0.05, 0) is 31.0 Å². The SMILES string of the molecule is O=C(c1ccc2nc[nH]c2c1)N1CCN(C(=O)C2CCCCC2)CC1. The van der Waals surface area contributed by atoms with Crippen LogP contribution in [0.5, 0.6) is 0 Å². The summed E-state index contributed by atoms with van der Waals surface area (Å²) in [7, 11) is 0. The van der Waals surface area contributed by atoms with Crippen LogP contribution in [0.15, 0.2) is 24.5 Å². The number of hydrogen-bond donors (Lipinski definition) is 1. The number of benzene rings is 1. The minimum atomic E-state index is 0.0289. The van der Waals surface area contributed by atoms with E-state index >= 15 is 0 Å². The van der Waals surface area contributed by atoms with Gasteiger partial charge in [0.15, 0.2) is 0 Å². The zero-order chi connectivity index (χ0) is 17.2. The van der Waals surface area contributed by atoms with E-state index in [1.165, 1.54) is 19.3 Å². The van der Waals surface area contributed by atoms with Gasteiger partial charge in [0.2, 0.25) is 5.91 Å². The van der Waals surface area contributed by atoms with Gasteiger partial charge in [-0.1, -0.05) is 19.3 Å². The van der Waals surface area contributed by atoms with E-state index in [0.29, 0.717) is 37.6 Å². The Morgan fingerprint density at radius 2 is 1.72 bits per heavy atom. The van der Waals surface area contributed by atoms with Crippen molar-refractivity contribution in [2.45, 2.75) is 32.1 Å². The van der Waals surface area contributed by atoms with Crippen LogP contribution < -0.4 is 0 Å². The molecule has 6 nitrogen and oxygen atoms in total. The standard InChI is InChI=1S/C19H24N4O2/c24-18(14-4-2-1-3-5-14)22-8-10-23(11-9-22)19(25)15-6-7-16-17(12-15)21-13-20-16/h6-7,12-14H,1-5,8-11H2,(H,20,21). The topological polar surface area (TPSA) is 69.3 Å². The van der Waals surface area contributed by atoms with Crippen molar-refractivity contribution in [2.24, 2.45) is 5.92 Å². The maximum absolute atomic E-state index is 12.7. The van der Waals surface area contributed by atoms with Crippen LogP contribution >= 0.6 is 0 Å². The molecule has 0 bridgehead atoms. The van der Waals surface area contributed by atoms with Crippen LogP contribution in [0, 0.1) is 5.92 Å². The number of carbonyl (C=O) groups excluding carboxylic acids is 2. The van der Waals surface area contributed by atoms with Crippen LogP contribution in [0.1, 0.15) is 42.5 Å². The van der Waals surface area contributed by atoms with Gasteiger partial charge >= 0.3 is 0 Å². The molecular formula is C19H24N4O2. The first-order valence-corrected chi connectivity index (χ1v) is 9.23. The molecule has 1 aliphatic heterocycles. The third-order valence-corrected chi connectivity index (χ3v) is 5.50. The molecule has 1 saturated carbocycles. The average molecular weight is 340 g/mol. The molecule has 25 heavy (non-hydrogen) atoms. The van der Waals surface area contributed by atoms with Gasteiger partial charge in [0.1, 0.15) is 0 Å².